The second-order valence-electron chi connectivity index (χ2n) is 5.40. The van der Waals surface area contributed by atoms with Crippen molar-refractivity contribution in [1.82, 2.24) is 14.6 Å². The standard InChI is InChI=1S/C19H10N6/c20-10-14-17(12-6-2-1-3-7-12)15(11-21)24-25-16-9-5-4-8-13(16)18(22)23-19(14)25/h1-9,22H. The highest BCUT2D eigenvalue weighted by atomic mass is 15.2. The maximum atomic E-state index is 9.76. The molecule has 0 atom stereocenters. The van der Waals surface area contributed by atoms with Crippen LogP contribution in [0.2, 0.25) is 0 Å². The number of benzene rings is 2. The van der Waals surface area contributed by atoms with Gasteiger partial charge in [-0.1, -0.05) is 42.5 Å². The number of hydrogen-bond acceptors (Lipinski definition) is 5. The van der Waals surface area contributed by atoms with Crippen LogP contribution in [0.1, 0.15) is 11.3 Å². The molecule has 25 heavy (non-hydrogen) atoms. The zero-order valence-corrected chi connectivity index (χ0v) is 12.9. The van der Waals surface area contributed by atoms with Gasteiger partial charge in [-0.3, -0.25) is 5.41 Å². The molecule has 4 aromatic rings. The predicted molar refractivity (Wildman–Crippen MR) is 91.2 cm³/mol. The predicted octanol–water partition coefficient (Wildman–Crippen LogP) is 2.77. The fourth-order valence-electron chi connectivity index (χ4n) is 2.90. The molecule has 4 rings (SSSR count). The SMILES string of the molecule is N#Cc1nn2c(nc(=N)c3ccccc32)c(C#N)c1-c1ccccc1. The highest BCUT2D eigenvalue weighted by Crippen LogP contribution is 2.28. The highest BCUT2D eigenvalue weighted by Gasteiger charge is 2.19. The Morgan fingerprint density at radius 3 is 2.36 bits per heavy atom. The van der Waals surface area contributed by atoms with Gasteiger partial charge in [0.2, 0.25) is 0 Å². The molecule has 0 unspecified atom stereocenters. The van der Waals surface area contributed by atoms with Crippen molar-refractivity contribution >= 4 is 16.6 Å². The number of hydrogen-bond donors (Lipinski definition) is 1. The monoisotopic (exact) mass is 322 g/mol. The summed E-state index contributed by atoms with van der Waals surface area (Å²) < 4.78 is 1.47. The maximum Gasteiger partial charge on any atom is 0.175 e. The Bertz CT molecular complexity index is 1270. The molecule has 0 fully saturated rings. The Morgan fingerprint density at radius 1 is 0.920 bits per heavy atom. The smallest absolute Gasteiger partial charge is 0.175 e. The van der Waals surface area contributed by atoms with Crippen LogP contribution < -0.4 is 5.49 Å². The van der Waals surface area contributed by atoms with Crippen molar-refractivity contribution in [3.05, 3.63) is 71.3 Å². The van der Waals surface area contributed by atoms with Crippen LogP contribution >= 0.6 is 0 Å². The molecule has 1 N–H and O–H groups in total. The average molecular weight is 322 g/mol. The molecule has 116 valence electrons. The van der Waals surface area contributed by atoms with Crippen molar-refractivity contribution < 1.29 is 0 Å². The van der Waals surface area contributed by atoms with Gasteiger partial charge in [0.15, 0.2) is 16.8 Å². The number of fused-ring (bicyclic) bond motifs is 3. The van der Waals surface area contributed by atoms with Crippen LogP contribution in [-0.4, -0.2) is 14.6 Å². The van der Waals surface area contributed by atoms with E-state index in [1.54, 1.807) is 12.1 Å². The Hall–Kier alpha value is -4.03. The van der Waals surface area contributed by atoms with Gasteiger partial charge in [0.25, 0.3) is 0 Å². The first-order valence-corrected chi connectivity index (χ1v) is 7.50. The van der Waals surface area contributed by atoms with Crippen molar-refractivity contribution in [1.29, 1.82) is 15.9 Å². The zero-order chi connectivity index (χ0) is 17.4. The van der Waals surface area contributed by atoms with Crippen LogP contribution in [0, 0.1) is 28.1 Å². The quantitative estimate of drug-likeness (QED) is 0.544. The van der Waals surface area contributed by atoms with E-state index >= 15 is 0 Å². The summed E-state index contributed by atoms with van der Waals surface area (Å²) in [5.74, 6) is 0. The molecule has 0 bridgehead atoms. The molecule has 6 heteroatoms. The van der Waals surface area contributed by atoms with Gasteiger partial charge >= 0.3 is 0 Å². The normalized spacial score (nSPS) is 10.5. The van der Waals surface area contributed by atoms with E-state index in [0.29, 0.717) is 22.0 Å². The summed E-state index contributed by atoms with van der Waals surface area (Å²) in [5, 5.41) is 32.5. The molecule has 0 aliphatic rings. The topological polar surface area (TPSA) is 102 Å². The number of rotatable bonds is 1. The van der Waals surface area contributed by atoms with Crippen molar-refractivity contribution in [2.75, 3.05) is 0 Å². The summed E-state index contributed by atoms with van der Waals surface area (Å²) in [6.45, 7) is 0. The summed E-state index contributed by atoms with van der Waals surface area (Å²) in [7, 11) is 0. The van der Waals surface area contributed by atoms with E-state index in [4.69, 9.17) is 5.41 Å². The van der Waals surface area contributed by atoms with Crippen LogP contribution in [0.4, 0.5) is 0 Å². The van der Waals surface area contributed by atoms with Gasteiger partial charge in [0.1, 0.15) is 17.7 Å². The molecule has 0 amide bonds. The number of nitrogens with one attached hydrogen (secondary N) is 1. The summed E-state index contributed by atoms with van der Waals surface area (Å²) in [6, 6.07) is 20.6. The van der Waals surface area contributed by atoms with Crippen LogP contribution in [0.3, 0.4) is 0 Å². The first kappa shape index (κ1) is 14.6. The summed E-state index contributed by atoms with van der Waals surface area (Å²) in [5.41, 5.74) is 2.49. The first-order valence-electron chi connectivity index (χ1n) is 7.50. The lowest BCUT2D eigenvalue weighted by Gasteiger charge is -2.12. The van der Waals surface area contributed by atoms with Crippen molar-refractivity contribution in [2.24, 2.45) is 0 Å². The minimum Gasteiger partial charge on any atom is -0.282 e. The molecule has 2 heterocycles. The number of para-hydroxylation sites is 1. The van der Waals surface area contributed by atoms with Gasteiger partial charge in [0, 0.05) is 10.9 Å². The molecular formula is C19H10N6. The van der Waals surface area contributed by atoms with E-state index in [-0.39, 0.29) is 22.4 Å². The average Bonchev–Trinajstić information content (AvgIpc) is 2.67. The maximum absolute atomic E-state index is 9.76. The lowest BCUT2D eigenvalue weighted by Crippen LogP contribution is -2.15. The van der Waals surface area contributed by atoms with E-state index in [1.807, 2.05) is 42.5 Å². The summed E-state index contributed by atoms with van der Waals surface area (Å²) in [4.78, 5) is 4.27. The van der Waals surface area contributed by atoms with Crippen LogP contribution in [-0.2, 0) is 0 Å². The fraction of sp³-hybridized carbons (Fsp3) is 0. The van der Waals surface area contributed by atoms with E-state index in [9.17, 15) is 10.5 Å². The lowest BCUT2D eigenvalue weighted by molar-refractivity contribution is 0.912. The van der Waals surface area contributed by atoms with E-state index < -0.39 is 0 Å². The van der Waals surface area contributed by atoms with E-state index in [1.165, 1.54) is 4.52 Å². The highest BCUT2D eigenvalue weighted by molar-refractivity contribution is 5.85. The third-order valence-corrected chi connectivity index (χ3v) is 4.00. The molecule has 0 aliphatic carbocycles. The Labute approximate surface area is 142 Å². The van der Waals surface area contributed by atoms with Crippen molar-refractivity contribution in [2.45, 2.75) is 0 Å². The van der Waals surface area contributed by atoms with E-state index in [0.717, 1.165) is 0 Å². The van der Waals surface area contributed by atoms with Gasteiger partial charge in [-0.2, -0.15) is 15.6 Å². The molecule has 0 radical (unpaired) electrons. The first-order chi connectivity index (χ1) is 12.2. The molecule has 0 saturated heterocycles. The Kier molecular flexibility index (Phi) is 3.23. The molecule has 2 aromatic carbocycles. The molecule has 0 aliphatic heterocycles. The minimum absolute atomic E-state index is 0.0672. The van der Waals surface area contributed by atoms with Crippen LogP contribution in [0.15, 0.2) is 54.6 Å². The Balaban J connectivity index is 2.27. The number of aromatic nitrogens is 3. The second-order valence-corrected chi connectivity index (χ2v) is 5.40. The molecule has 0 spiro atoms. The van der Waals surface area contributed by atoms with Crippen LogP contribution in [0.25, 0.3) is 27.7 Å². The van der Waals surface area contributed by atoms with Gasteiger partial charge in [-0.05, 0) is 17.7 Å². The van der Waals surface area contributed by atoms with Gasteiger partial charge in [-0.25, -0.2) is 9.50 Å². The van der Waals surface area contributed by atoms with Gasteiger partial charge in [0.05, 0.1) is 5.52 Å². The minimum atomic E-state index is 0.0672. The molecule has 0 saturated carbocycles. The largest absolute Gasteiger partial charge is 0.282 e. The zero-order valence-electron chi connectivity index (χ0n) is 12.9. The molecule has 6 nitrogen and oxygen atoms in total. The summed E-state index contributed by atoms with van der Waals surface area (Å²) in [6.07, 6.45) is 0. The van der Waals surface area contributed by atoms with Crippen molar-refractivity contribution in [3.8, 4) is 23.3 Å². The second kappa shape index (κ2) is 5.55. The fourth-order valence-corrected chi connectivity index (χ4v) is 2.90. The van der Waals surface area contributed by atoms with Crippen molar-refractivity contribution in [3.63, 3.8) is 0 Å². The third kappa shape index (κ3) is 2.13. The third-order valence-electron chi connectivity index (χ3n) is 4.00. The lowest BCUT2D eigenvalue weighted by atomic mass is 10.00. The van der Waals surface area contributed by atoms with E-state index in [2.05, 4.69) is 22.2 Å². The van der Waals surface area contributed by atoms with Crippen LogP contribution in [0.5, 0.6) is 0 Å². The molecule has 2 aromatic heterocycles. The van der Waals surface area contributed by atoms with Gasteiger partial charge in [-0.15, -0.1) is 0 Å². The number of nitrogens with zero attached hydrogens (tertiary/aromatic N) is 5. The molecular weight excluding hydrogens is 312 g/mol. The summed E-state index contributed by atoms with van der Waals surface area (Å²) >= 11 is 0. The number of nitriles is 2. The van der Waals surface area contributed by atoms with Gasteiger partial charge < -0.3 is 0 Å². The Morgan fingerprint density at radius 2 is 1.64 bits per heavy atom.